The molecule has 154 valence electrons. The van der Waals surface area contributed by atoms with Crippen LogP contribution in [0.5, 0.6) is 0 Å². The van der Waals surface area contributed by atoms with Crippen LogP contribution in [0.1, 0.15) is 0 Å². The minimum atomic E-state index is 0.716. The topological polar surface area (TPSA) is 89.6 Å². The van der Waals surface area contributed by atoms with Crippen LogP contribution in [-0.2, 0) is 0 Å². The molecule has 0 aliphatic carbocycles. The van der Waals surface area contributed by atoms with Crippen molar-refractivity contribution in [2.24, 2.45) is 0 Å². The number of anilines is 1. The van der Waals surface area contributed by atoms with Gasteiger partial charge >= 0.3 is 0 Å². The highest BCUT2D eigenvalue weighted by molar-refractivity contribution is 5.94. The van der Waals surface area contributed by atoms with E-state index in [0.717, 1.165) is 65.3 Å². The van der Waals surface area contributed by atoms with E-state index in [1.165, 1.54) is 0 Å². The third-order valence-corrected chi connectivity index (χ3v) is 5.89. The lowest BCUT2D eigenvalue weighted by molar-refractivity contribution is 0.313. The normalized spacial score (nSPS) is 15.2. The van der Waals surface area contributed by atoms with Crippen LogP contribution in [0.4, 0.5) is 5.69 Å². The lowest BCUT2D eigenvalue weighted by Crippen LogP contribution is -2.44. The summed E-state index contributed by atoms with van der Waals surface area (Å²) in [6.45, 7) is 4.10. The molecule has 6 rings (SSSR count). The van der Waals surface area contributed by atoms with E-state index in [-0.39, 0.29) is 0 Å². The van der Waals surface area contributed by atoms with E-state index in [1.807, 2.05) is 30.3 Å². The molecule has 4 aromatic heterocycles. The van der Waals surface area contributed by atoms with Crippen molar-refractivity contribution in [1.29, 1.82) is 0 Å². The number of nitrogens with zero attached hydrogens (tertiary/aromatic N) is 6. The van der Waals surface area contributed by atoms with Crippen molar-refractivity contribution < 1.29 is 0 Å². The average molecular weight is 410 g/mol. The van der Waals surface area contributed by atoms with Gasteiger partial charge in [-0.3, -0.25) is 10.1 Å². The Hall–Kier alpha value is -3.78. The quantitative estimate of drug-likeness (QED) is 0.474. The van der Waals surface area contributed by atoms with E-state index in [1.54, 1.807) is 6.20 Å². The SMILES string of the molecule is CN1CCN(c2cccc3[nH]c(-c4n[nH]c5ccc(-c6ccccn6)nc45)nc23)CC1. The zero-order chi connectivity index (χ0) is 20.8. The van der Waals surface area contributed by atoms with Crippen LogP contribution in [0.3, 0.4) is 0 Å². The summed E-state index contributed by atoms with van der Waals surface area (Å²) in [4.78, 5) is 22.4. The molecule has 0 amide bonds. The number of pyridine rings is 2. The van der Waals surface area contributed by atoms with Gasteiger partial charge in [0.15, 0.2) is 11.5 Å². The van der Waals surface area contributed by atoms with Gasteiger partial charge in [-0.15, -0.1) is 0 Å². The Kier molecular flexibility index (Phi) is 4.17. The van der Waals surface area contributed by atoms with Gasteiger partial charge in [-0.05, 0) is 43.4 Å². The maximum atomic E-state index is 4.95. The first-order chi connectivity index (χ1) is 15.3. The zero-order valence-electron chi connectivity index (χ0n) is 17.2. The number of H-pyrrole nitrogens is 2. The van der Waals surface area contributed by atoms with Gasteiger partial charge in [0.1, 0.15) is 11.0 Å². The predicted octanol–water partition coefficient (Wildman–Crippen LogP) is 3.32. The number of likely N-dealkylation sites (N-methyl/N-ethyl adjacent to an activating group) is 1. The van der Waals surface area contributed by atoms with Gasteiger partial charge < -0.3 is 14.8 Å². The molecule has 1 aromatic carbocycles. The molecule has 1 fully saturated rings. The van der Waals surface area contributed by atoms with Crippen molar-refractivity contribution in [2.45, 2.75) is 0 Å². The van der Waals surface area contributed by atoms with Gasteiger partial charge in [-0.1, -0.05) is 12.1 Å². The summed E-state index contributed by atoms with van der Waals surface area (Å²) in [5, 5.41) is 7.61. The van der Waals surface area contributed by atoms with Crippen LogP contribution in [0.25, 0.3) is 45.0 Å². The first-order valence-corrected chi connectivity index (χ1v) is 10.5. The number of hydrogen-bond acceptors (Lipinski definition) is 6. The standard InChI is InChI=1S/C23H22N8/c1-30-11-13-31(14-12-30)19-7-4-6-17-20(19)27-23(26-17)22-21-18(28-29-22)9-8-16(25-21)15-5-2-3-10-24-15/h2-10H,11-14H2,1H3,(H,26,27)(H,28,29). The zero-order valence-corrected chi connectivity index (χ0v) is 17.2. The molecule has 1 saturated heterocycles. The summed E-state index contributed by atoms with van der Waals surface area (Å²) in [5.74, 6) is 0.716. The number of piperazine rings is 1. The van der Waals surface area contributed by atoms with Crippen LogP contribution in [0, 0.1) is 0 Å². The van der Waals surface area contributed by atoms with E-state index < -0.39 is 0 Å². The lowest BCUT2D eigenvalue weighted by Gasteiger charge is -2.34. The van der Waals surface area contributed by atoms with E-state index in [0.29, 0.717) is 11.5 Å². The van der Waals surface area contributed by atoms with Crippen molar-refractivity contribution in [3.63, 3.8) is 0 Å². The summed E-state index contributed by atoms with van der Waals surface area (Å²) >= 11 is 0. The molecule has 0 saturated carbocycles. The molecule has 0 spiro atoms. The third-order valence-electron chi connectivity index (χ3n) is 5.89. The highest BCUT2D eigenvalue weighted by atomic mass is 15.3. The monoisotopic (exact) mass is 410 g/mol. The Labute approximate surface area is 179 Å². The average Bonchev–Trinajstić information content (AvgIpc) is 3.43. The van der Waals surface area contributed by atoms with Crippen molar-refractivity contribution in [3.8, 4) is 22.9 Å². The maximum Gasteiger partial charge on any atom is 0.161 e. The van der Waals surface area contributed by atoms with Gasteiger partial charge in [0.25, 0.3) is 0 Å². The van der Waals surface area contributed by atoms with Crippen molar-refractivity contribution in [3.05, 3.63) is 54.7 Å². The fourth-order valence-corrected chi connectivity index (χ4v) is 4.15. The number of hydrogen-bond donors (Lipinski definition) is 2. The van der Waals surface area contributed by atoms with Gasteiger partial charge in [0.05, 0.1) is 28.1 Å². The molecular weight excluding hydrogens is 388 g/mol. The molecule has 5 aromatic rings. The lowest BCUT2D eigenvalue weighted by atomic mass is 10.2. The van der Waals surface area contributed by atoms with E-state index in [2.05, 4.69) is 55.2 Å². The summed E-state index contributed by atoms with van der Waals surface area (Å²) in [6.07, 6.45) is 1.77. The molecule has 1 aliphatic heterocycles. The minimum Gasteiger partial charge on any atom is -0.367 e. The molecule has 8 heteroatoms. The summed E-state index contributed by atoms with van der Waals surface area (Å²) in [5.41, 5.74) is 7.15. The van der Waals surface area contributed by atoms with E-state index in [4.69, 9.17) is 9.97 Å². The Bertz CT molecular complexity index is 1360. The number of aromatic amines is 2. The van der Waals surface area contributed by atoms with Gasteiger partial charge in [-0.25, -0.2) is 9.97 Å². The van der Waals surface area contributed by atoms with Crippen LogP contribution < -0.4 is 4.90 Å². The molecule has 5 heterocycles. The Morgan fingerprint density at radius 3 is 2.55 bits per heavy atom. The first-order valence-electron chi connectivity index (χ1n) is 10.5. The van der Waals surface area contributed by atoms with Crippen LogP contribution in [-0.4, -0.2) is 68.3 Å². The highest BCUT2D eigenvalue weighted by Gasteiger charge is 2.20. The highest BCUT2D eigenvalue weighted by Crippen LogP contribution is 2.31. The number of rotatable bonds is 3. The summed E-state index contributed by atoms with van der Waals surface area (Å²) < 4.78 is 0. The Morgan fingerprint density at radius 1 is 0.806 bits per heavy atom. The van der Waals surface area contributed by atoms with Crippen LogP contribution in [0.2, 0.25) is 0 Å². The number of nitrogens with one attached hydrogen (secondary N) is 2. The maximum absolute atomic E-state index is 4.95. The summed E-state index contributed by atoms with van der Waals surface area (Å²) in [7, 11) is 2.17. The molecule has 0 radical (unpaired) electrons. The molecule has 2 N–H and O–H groups in total. The van der Waals surface area contributed by atoms with Gasteiger partial charge in [-0.2, -0.15) is 5.10 Å². The first kappa shape index (κ1) is 18.0. The second-order valence-electron chi connectivity index (χ2n) is 7.93. The van der Waals surface area contributed by atoms with Crippen molar-refractivity contribution in [2.75, 3.05) is 38.1 Å². The van der Waals surface area contributed by atoms with Gasteiger partial charge in [0, 0.05) is 32.4 Å². The van der Waals surface area contributed by atoms with Crippen LogP contribution >= 0.6 is 0 Å². The van der Waals surface area contributed by atoms with Crippen LogP contribution in [0.15, 0.2) is 54.7 Å². The molecule has 0 unspecified atom stereocenters. The van der Waals surface area contributed by atoms with E-state index >= 15 is 0 Å². The second-order valence-corrected chi connectivity index (χ2v) is 7.93. The fraction of sp³-hybridized carbons (Fsp3) is 0.217. The van der Waals surface area contributed by atoms with E-state index in [9.17, 15) is 0 Å². The number of para-hydroxylation sites is 1. The number of benzene rings is 1. The third kappa shape index (κ3) is 3.12. The number of imidazole rings is 1. The van der Waals surface area contributed by atoms with Gasteiger partial charge in [0.2, 0.25) is 0 Å². The summed E-state index contributed by atoms with van der Waals surface area (Å²) in [6, 6.07) is 16.1. The van der Waals surface area contributed by atoms with Crippen molar-refractivity contribution >= 4 is 27.8 Å². The predicted molar refractivity (Wildman–Crippen MR) is 122 cm³/mol. The molecule has 31 heavy (non-hydrogen) atoms. The smallest absolute Gasteiger partial charge is 0.161 e. The largest absolute Gasteiger partial charge is 0.367 e. The second kappa shape index (κ2) is 7.17. The molecule has 0 bridgehead atoms. The number of fused-ring (bicyclic) bond motifs is 2. The Balaban J connectivity index is 1.44. The van der Waals surface area contributed by atoms with Crippen molar-refractivity contribution in [1.82, 2.24) is 35.0 Å². The minimum absolute atomic E-state index is 0.716. The number of aromatic nitrogens is 6. The molecule has 0 atom stereocenters. The fourth-order valence-electron chi connectivity index (χ4n) is 4.15. The molecule has 8 nitrogen and oxygen atoms in total. The Morgan fingerprint density at radius 2 is 1.71 bits per heavy atom. The molecular formula is C23H22N8. The molecule has 1 aliphatic rings.